The fourth-order valence-corrected chi connectivity index (χ4v) is 6.56. The molecule has 1 fully saturated rings. The van der Waals surface area contributed by atoms with Gasteiger partial charge in [-0.1, -0.05) is 176 Å². The zero-order chi connectivity index (χ0) is 25.9. The van der Waals surface area contributed by atoms with Crippen molar-refractivity contribution in [3.63, 3.8) is 0 Å². The molecule has 6 unspecified atom stereocenters. The largest absolute Gasteiger partial charge is 0.325 e. The van der Waals surface area contributed by atoms with Crippen molar-refractivity contribution in [3.05, 3.63) is 12.3 Å². The number of rotatable bonds is 22. The third-order valence-corrected chi connectivity index (χ3v) is 9.66. The molecule has 0 aliphatic heterocycles. The van der Waals surface area contributed by atoms with E-state index in [9.17, 15) is 0 Å². The average molecular weight is 578 g/mol. The maximum atomic E-state index is 2.76. The molecule has 0 heterocycles. The van der Waals surface area contributed by atoms with Crippen LogP contribution in [0.15, 0.2) is 0 Å². The molecule has 6 atom stereocenters. The molecule has 0 nitrogen and oxygen atoms in total. The van der Waals surface area contributed by atoms with Gasteiger partial charge in [-0.15, -0.1) is 0 Å². The van der Waals surface area contributed by atoms with E-state index in [1.165, 1.54) is 128 Å². The van der Waals surface area contributed by atoms with Gasteiger partial charge in [0.2, 0.25) is 0 Å². The molecular weight excluding hydrogens is 509 g/mol. The predicted molar refractivity (Wildman–Crippen MR) is 161 cm³/mol. The summed E-state index contributed by atoms with van der Waals surface area (Å²) in [6, 6.07) is 0. The summed E-state index contributed by atoms with van der Waals surface area (Å²) in [5.41, 5.74) is 0. The van der Waals surface area contributed by atoms with E-state index in [4.69, 9.17) is 0 Å². The van der Waals surface area contributed by atoms with Gasteiger partial charge in [-0.3, -0.25) is 0 Å². The van der Waals surface area contributed by atoms with Gasteiger partial charge in [0.15, 0.2) is 0 Å². The van der Waals surface area contributed by atoms with Crippen LogP contribution in [0, 0.1) is 47.8 Å². The summed E-state index contributed by atoms with van der Waals surface area (Å²) in [6.45, 7) is 17.2. The number of hydrogen-bond acceptors (Lipinski definition) is 0. The molecule has 1 aliphatic carbocycles. The van der Waals surface area contributed by atoms with Gasteiger partial charge < -0.3 is 12.3 Å². The molecule has 1 rings (SSSR count). The number of hydrogen-bond donors (Lipinski definition) is 0. The fraction of sp³-hybridized carbons (Fsp3) is 0.943. The first-order valence-electron chi connectivity index (χ1n) is 16.6. The summed E-state index contributed by atoms with van der Waals surface area (Å²) in [6.07, 6.45) is 31.3. The van der Waals surface area contributed by atoms with Crippen LogP contribution in [0.25, 0.3) is 0 Å². The zero-order valence-corrected chi connectivity index (χ0v) is 29.1. The van der Waals surface area contributed by atoms with Gasteiger partial charge in [0.25, 0.3) is 0 Å². The molecule has 0 bridgehead atoms. The van der Waals surface area contributed by atoms with E-state index < -0.39 is 0 Å². The van der Waals surface area contributed by atoms with Crippen LogP contribution in [-0.2, 0) is 32.7 Å². The fourth-order valence-electron chi connectivity index (χ4n) is 6.56. The predicted octanol–water partition coefficient (Wildman–Crippen LogP) is 12.4. The SMILES string of the molecule is CCCCCCCCC(C)[C-](CC(CCC(C)CC)C1[CH-]CC(C)CC1)C(C)CCCCCCC.[Y]. The van der Waals surface area contributed by atoms with Gasteiger partial charge in [-0.2, -0.15) is 30.6 Å². The molecule has 0 aromatic rings. The Balaban J connectivity index is 0.0000122. The van der Waals surface area contributed by atoms with Crippen molar-refractivity contribution in [2.45, 2.75) is 177 Å². The second-order valence-electron chi connectivity index (χ2n) is 13.0. The van der Waals surface area contributed by atoms with Gasteiger partial charge in [-0.25, -0.2) is 0 Å². The standard InChI is InChI=1S/C35H68.Y/c1-8-11-13-15-17-19-21-32(7)35(31(6)20-18-16-14-12-9-2)28-34(27-22-29(4)10-3)33-25-23-30(5)24-26-33;/h25,29-34H,8-24,26-28H2,1-7H3;/q-2;. The Kier molecular flexibility index (Phi) is 24.7. The minimum absolute atomic E-state index is 0. The summed E-state index contributed by atoms with van der Waals surface area (Å²) < 4.78 is 0. The minimum atomic E-state index is 0. The van der Waals surface area contributed by atoms with Gasteiger partial charge >= 0.3 is 0 Å². The van der Waals surface area contributed by atoms with Crippen LogP contribution < -0.4 is 0 Å². The molecule has 36 heavy (non-hydrogen) atoms. The molecule has 0 amide bonds. The molecule has 1 heteroatoms. The monoisotopic (exact) mass is 577 g/mol. The maximum absolute atomic E-state index is 2.76. The molecule has 0 aromatic carbocycles. The molecule has 213 valence electrons. The Morgan fingerprint density at radius 1 is 0.694 bits per heavy atom. The molecule has 1 radical (unpaired) electrons. The summed E-state index contributed by atoms with van der Waals surface area (Å²) in [5, 5.41) is 0. The third kappa shape index (κ3) is 16.9. The summed E-state index contributed by atoms with van der Waals surface area (Å²) in [7, 11) is 0. The van der Waals surface area contributed by atoms with Crippen LogP contribution in [0.3, 0.4) is 0 Å². The van der Waals surface area contributed by atoms with Crippen LogP contribution in [0.2, 0.25) is 0 Å². The van der Waals surface area contributed by atoms with E-state index in [1.54, 1.807) is 0 Å². The van der Waals surface area contributed by atoms with E-state index in [-0.39, 0.29) is 32.7 Å². The Hall–Kier alpha value is 1.10. The molecule has 0 N–H and O–H groups in total. The van der Waals surface area contributed by atoms with Crippen LogP contribution in [0.5, 0.6) is 0 Å². The normalized spacial score (nSPS) is 21.7. The summed E-state index contributed by atoms with van der Waals surface area (Å²) >= 11 is 0. The van der Waals surface area contributed by atoms with Gasteiger partial charge in [-0.05, 0) is 5.92 Å². The van der Waals surface area contributed by atoms with Crippen LogP contribution in [-0.4, -0.2) is 0 Å². The quantitative estimate of drug-likeness (QED) is 0.0887. The van der Waals surface area contributed by atoms with Crippen molar-refractivity contribution < 1.29 is 32.7 Å². The first-order valence-corrected chi connectivity index (χ1v) is 16.6. The average Bonchev–Trinajstić information content (AvgIpc) is 2.86. The summed E-state index contributed by atoms with van der Waals surface area (Å²) in [5.74, 6) is 7.19. The topological polar surface area (TPSA) is 0 Å². The molecule has 1 aliphatic rings. The van der Waals surface area contributed by atoms with E-state index in [1.807, 2.05) is 5.92 Å². The van der Waals surface area contributed by atoms with Crippen molar-refractivity contribution >= 4 is 0 Å². The first kappa shape index (κ1) is 37.1. The van der Waals surface area contributed by atoms with Crippen molar-refractivity contribution in [2.24, 2.45) is 35.5 Å². The molecule has 1 saturated carbocycles. The Morgan fingerprint density at radius 2 is 1.22 bits per heavy atom. The van der Waals surface area contributed by atoms with Gasteiger partial charge in [0, 0.05) is 32.7 Å². The van der Waals surface area contributed by atoms with E-state index in [0.717, 1.165) is 35.5 Å². The van der Waals surface area contributed by atoms with Crippen LogP contribution in [0.4, 0.5) is 0 Å². The van der Waals surface area contributed by atoms with Crippen molar-refractivity contribution in [1.82, 2.24) is 0 Å². The van der Waals surface area contributed by atoms with Crippen LogP contribution >= 0.6 is 0 Å². The summed E-state index contributed by atoms with van der Waals surface area (Å²) in [4.78, 5) is 0. The maximum Gasteiger partial charge on any atom is 0 e. The second-order valence-corrected chi connectivity index (χ2v) is 13.0. The van der Waals surface area contributed by atoms with Crippen LogP contribution in [0.1, 0.15) is 177 Å². The third-order valence-electron chi connectivity index (χ3n) is 9.66. The molecular formula is C35H68Y-2. The molecule has 0 spiro atoms. The van der Waals surface area contributed by atoms with Crippen molar-refractivity contribution in [1.29, 1.82) is 0 Å². The first-order chi connectivity index (χ1) is 16.9. The van der Waals surface area contributed by atoms with E-state index >= 15 is 0 Å². The molecule has 0 aromatic heterocycles. The Morgan fingerprint density at radius 3 is 1.69 bits per heavy atom. The smallest absolute Gasteiger partial charge is 0 e. The molecule has 0 saturated heterocycles. The minimum Gasteiger partial charge on any atom is -0.325 e. The van der Waals surface area contributed by atoms with Crippen molar-refractivity contribution in [2.75, 3.05) is 0 Å². The van der Waals surface area contributed by atoms with E-state index in [0.29, 0.717) is 0 Å². The van der Waals surface area contributed by atoms with Gasteiger partial charge in [0.1, 0.15) is 0 Å². The van der Waals surface area contributed by atoms with Gasteiger partial charge in [0.05, 0.1) is 0 Å². The van der Waals surface area contributed by atoms with Crippen molar-refractivity contribution in [3.8, 4) is 0 Å². The zero-order valence-electron chi connectivity index (χ0n) is 26.3. The second kappa shape index (κ2) is 23.9. The van der Waals surface area contributed by atoms with E-state index in [2.05, 4.69) is 54.9 Å². The Bertz CT molecular complexity index is 452. The Labute approximate surface area is 256 Å². The number of unbranched alkanes of at least 4 members (excludes halogenated alkanes) is 9.